The van der Waals surface area contributed by atoms with Crippen molar-refractivity contribution in [3.8, 4) is 0 Å². The Labute approximate surface area is 125 Å². The van der Waals surface area contributed by atoms with Crippen LogP contribution in [0.1, 0.15) is 6.42 Å². The van der Waals surface area contributed by atoms with E-state index in [1.807, 2.05) is 6.07 Å². The van der Waals surface area contributed by atoms with E-state index < -0.39 is 24.8 Å². The number of carbonyl (C=O) groups excluding carboxylic acids is 2. The third-order valence-corrected chi connectivity index (χ3v) is 3.47. The molecule has 1 aliphatic rings. The topological polar surface area (TPSA) is 52.7 Å². The molecular weight excluding hydrogens is 299 g/mol. The van der Waals surface area contributed by atoms with E-state index in [9.17, 15) is 22.8 Å². The lowest BCUT2D eigenvalue weighted by molar-refractivity contribution is -0.123. The van der Waals surface area contributed by atoms with Crippen LogP contribution < -0.4 is 10.2 Å². The molecule has 22 heavy (non-hydrogen) atoms. The van der Waals surface area contributed by atoms with E-state index in [0.717, 1.165) is 4.90 Å². The SMILES string of the molecule is CN(C(=O)NCC(F)(F)F)C1CCN(c2ccccc2)C1=O. The molecule has 1 fully saturated rings. The minimum absolute atomic E-state index is 0.296. The molecule has 8 heteroatoms. The fourth-order valence-corrected chi connectivity index (χ4v) is 2.33. The fourth-order valence-electron chi connectivity index (χ4n) is 2.33. The molecule has 1 atom stereocenters. The van der Waals surface area contributed by atoms with Gasteiger partial charge < -0.3 is 15.1 Å². The molecule has 1 aliphatic heterocycles. The summed E-state index contributed by atoms with van der Waals surface area (Å²) < 4.78 is 36.3. The van der Waals surface area contributed by atoms with Crippen molar-refractivity contribution in [1.29, 1.82) is 0 Å². The number of alkyl halides is 3. The van der Waals surface area contributed by atoms with E-state index in [4.69, 9.17) is 0 Å². The number of urea groups is 1. The van der Waals surface area contributed by atoms with Gasteiger partial charge in [-0.05, 0) is 18.6 Å². The number of likely N-dealkylation sites (N-methyl/N-ethyl adjacent to an activating group) is 1. The van der Waals surface area contributed by atoms with Crippen LogP contribution in [0.5, 0.6) is 0 Å². The summed E-state index contributed by atoms with van der Waals surface area (Å²) >= 11 is 0. The minimum atomic E-state index is -4.48. The first-order chi connectivity index (χ1) is 10.3. The number of hydrogen-bond donors (Lipinski definition) is 1. The van der Waals surface area contributed by atoms with Gasteiger partial charge in [0.05, 0.1) is 0 Å². The van der Waals surface area contributed by atoms with Crippen molar-refractivity contribution >= 4 is 17.6 Å². The molecule has 1 aromatic carbocycles. The Morgan fingerprint density at radius 1 is 1.36 bits per heavy atom. The molecule has 0 aromatic heterocycles. The van der Waals surface area contributed by atoms with Crippen molar-refractivity contribution in [2.24, 2.45) is 0 Å². The first-order valence-corrected chi connectivity index (χ1v) is 6.73. The van der Waals surface area contributed by atoms with Crippen LogP contribution >= 0.6 is 0 Å². The lowest BCUT2D eigenvalue weighted by atomic mass is 10.2. The monoisotopic (exact) mass is 315 g/mol. The Morgan fingerprint density at radius 2 is 2.00 bits per heavy atom. The maximum Gasteiger partial charge on any atom is 0.405 e. The number of nitrogens with zero attached hydrogens (tertiary/aromatic N) is 2. The third-order valence-electron chi connectivity index (χ3n) is 3.47. The summed E-state index contributed by atoms with van der Waals surface area (Å²) in [6.07, 6.45) is -4.10. The van der Waals surface area contributed by atoms with Crippen LogP contribution in [0, 0.1) is 0 Å². The highest BCUT2D eigenvalue weighted by Crippen LogP contribution is 2.23. The molecule has 0 spiro atoms. The maximum atomic E-state index is 12.3. The number of rotatable bonds is 3. The summed E-state index contributed by atoms with van der Waals surface area (Å²) in [6.45, 7) is -0.996. The van der Waals surface area contributed by atoms with E-state index >= 15 is 0 Å². The quantitative estimate of drug-likeness (QED) is 0.927. The van der Waals surface area contributed by atoms with Gasteiger partial charge in [-0.2, -0.15) is 13.2 Å². The van der Waals surface area contributed by atoms with Gasteiger partial charge in [-0.15, -0.1) is 0 Å². The van der Waals surface area contributed by atoms with Crippen molar-refractivity contribution in [2.45, 2.75) is 18.6 Å². The molecule has 0 bridgehead atoms. The van der Waals surface area contributed by atoms with Crippen molar-refractivity contribution in [2.75, 3.05) is 25.0 Å². The number of nitrogens with one attached hydrogen (secondary N) is 1. The number of carbonyl (C=O) groups is 2. The van der Waals surface area contributed by atoms with Gasteiger partial charge in [0, 0.05) is 19.3 Å². The number of anilines is 1. The van der Waals surface area contributed by atoms with Gasteiger partial charge in [0.25, 0.3) is 0 Å². The van der Waals surface area contributed by atoms with Crippen LogP contribution in [0.15, 0.2) is 30.3 Å². The summed E-state index contributed by atoms with van der Waals surface area (Å²) in [5.74, 6) is -0.296. The van der Waals surface area contributed by atoms with Gasteiger partial charge in [-0.3, -0.25) is 4.79 Å². The molecule has 1 unspecified atom stereocenters. The zero-order valence-electron chi connectivity index (χ0n) is 11.9. The van der Waals surface area contributed by atoms with Crippen molar-refractivity contribution in [3.05, 3.63) is 30.3 Å². The highest BCUT2D eigenvalue weighted by atomic mass is 19.4. The maximum absolute atomic E-state index is 12.3. The normalized spacial score (nSPS) is 18.5. The van der Waals surface area contributed by atoms with Gasteiger partial charge in [-0.25, -0.2) is 4.79 Å². The lowest BCUT2D eigenvalue weighted by Gasteiger charge is -2.24. The molecular formula is C14H16F3N3O2. The smallest absolute Gasteiger partial charge is 0.329 e. The Hall–Kier alpha value is -2.25. The van der Waals surface area contributed by atoms with Crippen LogP contribution in [-0.4, -0.2) is 49.2 Å². The Kier molecular flexibility index (Phi) is 4.58. The third kappa shape index (κ3) is 3.69. The highest BCUT2D eigenvalue weighted by molar-refractivity contribution is 6.01. The van der Waals surface area contributed by atoms with Crippen molar-refractivity contribution in [1.82, 2.24) is 10.2 Å². The number of benzene rings is 1. The summed E-state index contributed by atoms with van der Waals surface area (Å²) in [6, 6.07) is 7.26. The summed E-state index contributed by atoms with van der Waals surface area (Å²) in [7, 11) is 1.32. The molecule has 2 rings (SSSR count). The molecule has 120 valence electrons. The van der Waals surface area contributed by atoms with Gasteiger partial charge in [0.2, 0.25) is 5.91 Å². The zero-order valence-corrected chi connectivity index (χ0v) is 11.9. The average Bonchev–Trinajstić information content (AvgIpc) is 2.86. The van der Waals surface area contributed by atoms with Crippen molar-refractivity contribution < 1.29 is 22.8 Å². The predicted molar refractivity (Wildman–Crippen MR) is 74.4 cm³/mol. The van der Waals surface area contributed by atoms with Gasteiger partial charge in [0.15, 0.2) is 0 Å². The van der Waals surface area contributed by atoms with Gasteiger partial charge >= 0.3 is 12.2 Å². The molecule has 0 aliphatic carbocycles. The molecule has 5 nitrogen and oxygen atoms in total. The Bertz CT molecular complexity index is 548. The van der Waals surface area contributed by atoms with Crippen LogP contribution in [0.3, 0.4) is 0 Å². The molecule has 1 saturated heterocycles. The molecule has 1 aromatic rings. The van der Waals surface area contributed by atoms with Gasteiger partial charge in [0.1, 0.15) is 12.6 Å². The standard InChI is InChI=1S/C14H16F3N3O2/c1-19(13(22)18-9-14(15,16)17)11-7-8-20(12(11)21)10-5-3-2-4-6-10/h2-6,11H,7-9H2,1H3,(H,18,22). The Balaban J connectivity index is 1.99. The van der Waals surface area contributed by atoms with E-state index in [-0.39, 0.29) is 5.91 Å². The van der Waals surface area contributed by atoms with Crippen LogP contribution in [-0.2, 0) is 4.79 Å². The van der Waals surface area contributed by atoms with E-state index in [1.165, 1.54) is 11.9 Å². The summed E-state index contributed by atoms with van der Waals surface area (Å²) in [5, 5.41) is 1.77. The second kappa shape index (κ2) is 6.25. The van der Waals surface area contributed by atoms with Gasteiger partial charge in [-0.1, -0.05) is 18.2 Å². The average molecular weight is 315 g/mol. The van der Waals surface area contributed by atoms with E-state index in [1.54, 1.807) is 29.6 Å². The number of para-hydroxylation sites is 1. The lowest BCUT2D eigenvalue weighted by Crippen LogP contribution is -2.49. The predicted octanol–water partition coefficient (Wildman–Crippen LogP) is 2.00. The second-order valence-electron chi connectivity index (χ2n) is 5.01. The van der Waals surface area contributed by atoms with Crippen LogP contribution in [0.2, 0.25) is 0 Å². The second-order valence-corrected chi connectivity index (χ2v) is 5.01. The Morgan fingerprint density at radius 3 is 2.59 bits per heavy atom. The largest absolute Gasteiger partial charge is 0.405 e. The summed E-state index contributed by atoms with van der Waals surface area (Å²) in [4.78, 5) is 26.6. The zero-order chi connectivity index (χ0) is 16.3. The molecule has 1 heterocycles. The van der Waals surface area contributed by atoms with E-state index in [0.29, 0.717) is 18.7 Å². The number of amides is 3. The van der Waals surface area contributed by atoms with Crippen molar-refractivity contribution in [3.63, 3.8) is 0 Å². The molecule has 0 radical (unpaired) electrons. The molecule has 3 amide bonds. The first kappa shape index (κ1) is 16.1. The summed E-state index contributed by atoms with van der Waals surface area (Å²) in [5.41, 5.74) is 0.707. The van der Waals surface area contributed by atoms with Crippen LogP contribution in [0.25, 0.3) is 0 Å². The fraction of sp³-hybridized carbons (Fsp3) is 0.429. The molecule has 1 N–H and O–H groups in total. The molecule has 0 saturated carbocycles. The number of hydrogen-bond acceptors (Lipinski definition) is 2. The highest BCUT2D eigenvalue weighted by Gasteiger charge is 2.38. The van der Waals surface area contributed by atoms with E-state index in [2.05, 4.69) is 0 Å². The number of halogens is 3. The van der Waals surface area contributed by atoms with Crippen LogP contribution in [0.4, 0.5) is 23.7 Å². The first-order valence-electron chi connectivity index (χ1n) is 6.73. The minimum Gasteiger partial charge on any atom is -0.329 e.